The van der Waals surface area contributed by atoms with Crippen molar-refractivity contribution in [2.75, 3.05) is 6.61 Å². The van der Waals surface area contributed by atoms with E-state index < -0.39 is 8.07 Å². The van der Waals surface area contributed by atoms with Crippen molar-refractivity contribution in [3.8, 4) is 23.1 Å². The van der Waals surface area contributed by atoms with Crippen LogP contribution in [-0.2, 0) is 11.5 Å². The summed E-state index contributed by atoms with van der Waals surface area (Å²) in [4.78, 5) is 4.83. The van der Waals surface area contributed by atoms with Gasteiger partial charge in [-0.2, -0.15) is 5.26 Å². The van der Waals surface area contributed by atoms with Crippen LogP contribution in [0.1, 0.15) is 5.56 Å². The molecule has 0 unspecified atom stereocenters. The van der Waals surface area contributed by atoms with Crippen molar-refractivity contribution in [3.05, 3.63) is 84.3 Å². The van der Waals surface area contributed by atoms with Gasteiger partial charge in [-0.25, -0.2) is 9.37 Å². The highest BCUT2D eigenvalue weighted by atomic mass is 28.3. The lowest BCUT2D eigenvalue weighted by molar-refractivity contribution is 0.0909. The van der Waals surface area contributed by atoms with E-state index in [9.17, 15) is 4.39 Å². The Balaban J connectivity index is 1.59. The molecule has 2 heterocycles. The molecule has 0 bridgehead atoms. The third-order valence-electron chi connectivity index (χ3n) is 6.18. The molecule has 7 heteroatoms. The Morgan fingerprint density at radius 2 is 1.80 bits per heavy atom. The molecule has 0 spiro atoms. The van der Waals surface area contributed by atoms with Crippen LogP contribution in [0.2, 0.25) is 25.7 Å². The van der Waals surface area contributed by atoms with Gasteiger partial charge in [-0.05, 0) is 54.6 Å². The number of benzene rings is 3. The van der Waals surface area contributed by atoms with Crippen molar-refractivity contribution in [3.63, 3.8) is 0 Å². The van der Waals surface area contributed by atoms with Gasteiger partial charge in [0.15, 0.2) is 0 Å². The second-order valence-corrected chi connectivity index (χ2v) is 15.5. The average Bonchev–Trinajstić information content (AvgIpc) is 3.42. The number of nitriles is 1. The normalized spacial score (nSPS) is 11.9. The number of fused-ring (bicyclic) bond motifs is 2. The van der Waals surface area contributed by atoms with Crippen molar-refractivity contribution < 1.29 is 9.13 Å². The van der Waals surface area contributed by atoms with Gasteiger partial charge in [-0.3, -0.25) is 4.57 Å². The molecule has 0 atom stereocenters. The highest BCUT2D eigenvalue weighted by molar-refractivity contribution is 6.76. The first-order valence-electron chi connectivity index (χ1n) is 11.7. The van der Waals surface area contributed by atoms with E-state index in [2.05, 4.69) is 42.4 Å². The summed E-state index contributed by atoms with van der Waals surface area (Å²) in [6.45, 7) is 8.03. The Labute approximate surface area is 205 Å². The van der Waals surface area contributed by atoms with E-state index in [0.717, 1.165) is 39.5 Å². The Morgan fingerprint density at radius 1 is 1.00 bits per heavy atom. The maximum atomic E-state index is 14.0. The molecule has 176 valence electrons. The molecule has 0 amide bonds. The Hall–Kier alpha value is -3.73. The minimum atomic E-state index is -1.21. The number of ether oxygens (including phenoxy) is 1. The third kappa shape index (κ3) is 4.63. The predicted octanol–water partition coefficient (Wildman–Crippen LogP) is 6.97. The molecule has 0 saturated carbocycles. The molecule has 5 nitrogen and oxygen atoms in total. The summed E-state index contributed by atoms with van der Waals surface area (Å²) in [5, 5.41) is 10.2. The van der Waals surface area contributed by atoms with E-state index in [1.165, 1.54) is 12.1 Å². The average molecular weight is 483 g/mol. The first-order valence-corrected chi connectivity index (χ1v) is 15.4. The van der Waals surface area contributed by atoms with E-state index in [0.29, 0.717) is 24.4 Å². The van der Waals surface area contributed by atoms with E-state index in [4.69, 9.17) is 15.0 Å². The van der Waals surface area contributed by atoms with Gasteiger partial charge in [-0.15, -0.1) is 0 Å². The van der Waals surface area contributed by atoms with Gasteiger partial charge in [0.25, 0.3) is 0 Å². The van der Waals surface area contributed by atoms with Crippen molar-refractivity contribution in [2.24, 2.45) is 0 Å². The fraction of sp³-hybridized carbons (Fsp3) is 0.214. The Bertz CT molecular complexity index is 1550. The van der Waals surface area contributed by atoms with E-state index >= 15 is 0 Å². The number of hydrogen-bond donors (Lipinski definition) is 0. The summed E-state index contributed by atoms with van der Waals surface area (Å²) in [6, 6.07) is 23.6. The highest BCUT2D eigenvalue weighted by Crippen LogP contribution is 2.33. The zero-order valence-corrected chi connectivity index (χ0v) is 21.1. The summed E-state index contributed by atoms with van der Waals surface area (Å²) in [6.07, 6.45) is 2.02. The molecular formula is C28H27FN4OSi. The maximum Gasteiger partial charge on any atom is 0.143 e. The lowest BCUT2D eigenvalue weighted by Crippen LogP contribution is -2.22. The zero-order valence-electron chi connectivity index (χ0n) is 20.1. The summed E-state index contributed by atoms with van der Waals surface area (Å²) in [5.74, 6) is 0.445. The van der Waals surface area contributed by atoms with Crippen molar-refractivity contribution >= 4 is 30.0 Å². The largest absolute Gasteiger partial charge is 0.361 e. The third-order valence-corrected chi connectivity index (χ3v) is 7.88. The second-order valence-electron chi connectivity index (χ2n) is 9.93. The lowest BCUT2D eigenvalue weighted by atomic mass is 10.1. The van der Waals surface area contributed by atoms with Crippen molar-refractivity contribution in [1.29, 1.82) is 5.26 Å². The van der Waals surface area contributed by atoms with Crippen molar-refractivity contribution in [2.45, 2.75) is 32.4 Å². The van der Waals surface area contributed by atoms with Crippen LogP contribution in [0.4, 0.5) is 4.39 Å². The molecule has 3 aromatic carbocycles. The van der Waals surface area contributed by atoms with Crippen LogP contribution < -0.4 is 0 Å². The quantitative estimate of drug-likeness (QED) is 0.186. The topological polar surface area (TPSA) is 55.8 Å². The molecule has 2 aromatic heterocycles. The van der Waals surface area contributed by atoms with Crippen LogP contribution in [0, 0.1) is 17.1 Å². The molecule has 5 rings (SSSR count). The number of nitrogens with zero attached hydrogens (tertiary/aromatic N) is 4. The molecule has 0 N–H and O–H groups in total. The standard InChI is InChI=1S/C28H27FN4OSi/c1-35(2,3)16-15-34-19-33-27-12-9-21(29)17-25(27)31-28(33)24-5-4-6-26-23(24)13-14-32(26)22-10-7-20(18-30)8-11-22/h4-14,17H,15-16,19H2,1-3H3. The van der Waals surface area contributed by atoms with Crippen LogP contribution in [-0.4, -0.2) is 28.8 Å². The number of imidazole rings is 1. The van der Waals surface area contributed by atoms with Crippen LogP contribution >= 0.6 is 0 Å². The van der Waals surface area contributed by atoms with Gasteiger partial charge < -0.3 is 9.30 Å². The van der Waals surface area contributed by atoms with E-state index in [1.54, 1.807) is 6.07 Å². The van der Waals surface area contributed by atoms with Crippen LogP contribution in [0.15, 0.2) is 72.9 Å². The van der Waals surface area contributed by atoms with Gasteiger partial charge in [0.1, 0.15) is 18.4 Å². The van der Waals surface area contributed by atoms with Crippen LogP contribution in [0.5, 0.6) is 0 Å². The van der Waals surface area contributed by atoms with Gasteiger partial charge in [0.05, 0.1) is 28.2 Å². The van der Waals surface area contributed by atoms with Gasteiger partial charge in [0.2, 0.25) is 0 Å². The molecule has 0 aliphatic heterocycles. The Morgan fingerprint density at radius 3 is 2.54 bits per heavy atom. The molecule has 0 aliphatic carbocycles. The smallest absolute Gasteiger partial charge is 0.143 e. The van der Waals surface area contributed by atoms with Crippen molar-refractivity contribution in [1.82, 2.24) is 14.1 Å². The molecule has 0 radical (unpaired) electrons. The molecule has 0 aliphatic rings. The summed E-state index contributed by atoms with van der Waals surface area (Å²) in [7, 11) is -1.21. The lowest BCUT2D eigenvalue weighted by Gasteiger charge is -2.16. The molecule has 0 fully saturated rings. The monoisotopic (exact) mass is 482 g/mol. The highest BCUT2D eigenvalue weighted by Gasteiger charge is 2.18. The molecule has 0 saturated heterocycles. The second kappa shape index (κ2) is 9.14. The SMILES string of the molecule is C[Si](C)(C)CCOCn1c(-c2cccc3c2ccn3-c2ccc(C#N)cc2)nc2cc(F)ccc21. The number of halogens is 1. The fourth-order valence-corrected chi connectivity index (χ4v) is 5.01. The van der Waals surface area contributed by atoms with E-state index in [-0.39, 0.29) is 5.82 Å². The van der Waals surface area contributed by atoms with E-state index in [1.807, 2.05) is 47.2 Å². The molecule has 35 heavy (non-hydrogen) atoms. The van der Waals surface area contributed by atoms with Gasteiger partial charge in [0, 0.05) is 43.6 Å². The van der Waals surface area contributed by atoms with Gasteiger partial charge >= 0.3 is 0 Å². The molecule has 5 aromatic rings. The first-order chi connectivity index (χ1) is 16.8. The van der Waals surface area contributed by atoms with Crippen LogP contribution in [0.3, 0.4) is 0 Å². The Kier molecular flexibility index (Phi) is 6.01. The number of hydrogen-bond acceptors (Lipinski definition) is 3. The fourth-order valence-electron chi connectivity index (χ4n) is 4.26. The minimum Gasteiger partial charge on any atom is -0.361 e. The predicted molar refractivity (Wildman–Crippen MR) is 141 cm³/mol. The minimum absolute atomic E-state index is 0.307. The summed E-state index contributed by atoms with van der Waals surface area (Å²) in [5.41, 5.74) is 5.04. The number of aromatic nitrogens is 3. The first kappa shape index (κ1) is 23.0. The van der Waals surface area contributed by atoms with Gasteiger partial charge in [-0.1, -0.05) is 31.8 Å². The van der Waals surface area contributed by atoms with Crippen LogP contribution in [0.25, 0.3) is 39.0 Å². The number of rotatable bonds is 7. The maximum absolute atomic E-state index is 14.0. The molecular weight excluding hydrogens is 455 g/mol. The zero-order chi connectivity index (χ0) is 24.6. The summed E-state index contributed by atoms with van der Waals surface area (Å²) >= 11 is 0. The summed E-state index contributed by atoms with van der Waals surface area (Å²) < 4.78 is 24.2.